The zero-order valence-corrected chi connectivity index (χ0v) is 7.49. The first kappa shape index (κ1) is 7.29. The third-order valence-corrected chi connectivity index (χ3v) is 2.44. The molecular formula is C9H7BrF. The van der Waals surface area contributed by atoms with Crippen molar-refractivity contribution in [1.29, 1.82) is 0 Å². The van der Waals surface area contributed by atoms with E-state index in [2.05, 4.69) is 15.9 Å². The molecule has 0 aliphatic heterocycles. The number of halogens is 2. The van der Waals surface area contributed by atoms with Crippen LogP contribution in [0, 0.1) is 11.7 Å². The molecule has 1 saturated carbocycles. The lowest BCUT2D eigenvalue weighted by Crippen LogP contribution is -1.87. The molecule has 1 aromatic carbocycles. The summed E-state index contributed by atoms with van der Waals surface area (Å²) in [4.78, 5) is 0. The predicted molar refractivity (Wildman–Crippen MR) is 45.7 cm³/mol. The number of benzene rings is 1. The molecule has 0 aromatic heterocycles. The Labute approximate surface area is 73.6 Å². The summed E-state index contributed by atoms with van der Waals surface area (Å²) in [5, 5.41) is 0. The van der Waals surface area contributed by atoms with Crippen LogP contribution in [0.2, 0.25) is 0 Å². The molecule has 1 fully saturated rings. The SMILES string of the molecule is Fc1c(Br)cccc1[C]1CC1. The van der Waals surface area contributed by atoms with Crippen molar-refractivity contribution in [2.75, 3.05) is 0 Å². The van der Waals surface area contributed by atoms with E-state index >= 15 is 0 Å². The van der Waals surface area contributed by atoms with Gasteiger partial charge in [-0.25, -0.2) is 4.39 Å². The maximum absolute atomic E-state index is 13.2. The molecule has 0 N–H and O–H groups in total. The topological polar surface area (TPSA) is 0 Å². The van der Waals surface area contributed by atoms with E-state index in [1.54, 1.807) is 6.07 Å². The van der Waals surface area contributed by atoms with Crippen LogP contribution in [-0.4, -0.2) is 0 Å². The molecule has 0 bridgehead atoms. The van der Waals surface area contributed by atoms with Gasteiger partial charge in [-0.2, -0.15) is 0 Å². The average Bonchev–Trinajstić information content (AvgIpc) is 2.77. The second-order valence-corrected chi connectivity index (χ2v) is 3.56. The van der Waals surface area contributed by atoms with Crippen molar-refractivity contribution in [3.8, 4) is 0 Å². The summed E-state index contributed by atoms with van der Waals surface area (Å²) < 4.78 is 13.8. The minimum atomic E-state index is -0.111. The lowest BCUT2D eigenvalue weighted by Gasteiger charge is -2.00. The maximum Gasteiger partial charge on any atom is 0.141 e. The van der Waals surface area contributed by atoms with Gasteiger partial charge in [0.2, 0.25) is 0 Å². The van der Waals surface area contributed by atoms with E-state index in [4.69, 9.17) is 0 Å². The van der Waals surface area contributed by atoms with Crippen LogP contribution in [0.5, 0.6) is 0 Å². The molecule has 0 atom stereocenters. The van der Waals surface area contributed by atoms with E-state index in [1.807, 2.05) is 12.1 Å². The van der Waals surface area contributed by atoms with E-state index in [0.29, 0.717) is 4.47 Å². The Morgan fingerprint density at radius 2 is 2.00 bits per heavy atom. The van der Waals surface area contributed by atoms with E-state index < -0.39 is 0 Å². The number of hydrogen-bond donors (Lipinski definition) is 0. The van der Waals surface area contributed by atoms with Crippen LogP contribution in [0.1, 0.15) is 18.4 Å². The number of hydrogen-bond acceptors (Lipinski definition) is 0. The lowest BCUT2D eigenvalue weighted by molar-refractivity contribution is 0.612. The summed E-state index contributed by atoms with van der Waals surface area (Å²) in [6, 6.07) is 5.43. The fraction of sp³-hybridized carbons (Fsp3) is 0.222. The van der Waals surface area contributed by atoms with Gasteiger partial charge >= 0.3 is 0 Å². The van der Waals surface area contributed by atoms with E-state index in [9.17, 15) is 4.39 Å². The minimum absolute atomic E-state index is 0.111. The van der Waals surface area contributed by atoms with Gasteiger partial charge in [0, 0.05) is 5.92 Å². The van der Waals surface area contributed by atoms with Crippen LogP contribution in [0.25, 0.3) is 0 Å². The van der Waals surface area contributed by atoms with E-state index in [0.717, 1.165) is 18.4 Å². The molecule has 1 radical (unpaired) electrons. The maximum atomic E-state index is 13.2. The van der Waals surface area contributed by atoms with Crippen LogP contribution < -0.4 is 0 Å². The predicted octanol–water partition coefficient (Wildman–Crippen LogP) is 3.30. The van der Waals surface area contributed by atoms with Gasteiger partial charge in [-0.3, -0.25) is 0 Å². The summed E-state index contributed by atoms with van der Waals surface area (Å²) in [7, 11) is 0. The normalized spacial score (nSPS) is 16.9. The molecule has 0 unspecified atom stereocenters. The van der Waals surface area contributed by atoms with Gasteiger partial charge in [-0.05, 0) is 40.4 Å². The monoisotopic (exact) mass is 213 g/mol. The fourth-order valence-corrected chi connectivity index (χ4v) is 1.47. The van der Waals surface area contributed by atoms with Gasteiger partial charge in [0.1, 0.15) is 5.82 Å². The highest BCUT2D eigenvalue weighted by atomic mass is 79.9. The summed E-state index contributed by atoms with van der Waals surface area (Å²) in [5.74, 6) is 1.13. The highest BCUT2D eigenvalue weighted by molar-refractivity contribution is 9.10. The first-order chi connectivity index (χ1) is 5.29. The third-order valence-electron chi connectivity index (χ3n) is 1.83. The first-order valence-corrected chi connectivity index (χ1v) is 4.37. The molecule has 0 heterocycles. The highest BCUT2D eigenvalue weighted by Gasteiger charge is 2.27. The van der Waals surface area contributed by atoms with Crippen molar-refractivity contribution in [3.63, 3.8) is 0 Å². The average molecular weight is 214 g/mol. The van der Waals surface area contributed by atoms with Crippen molar-refractivity contribution in [2.24, 2.45) is 0 Å². The zero-order valence-electron chi connectivity index (χ0n) is 5.90. The summed E-state index contributed by atoms with van der Waals surface area (Å²) in [6.07, 6.45) is 2.13. The van der Waals surface area contributed by atoms with Gasteiger partial charge in [0.25, 0.3) is 0 Å². The quantitative estimate of drug-likeness (QED) is 0.672. The first-order valence-electron chi connectivity index (χ1n) is 3.58. The van der Waals surface area contributed by atoms with Crippen LogP contribution in [0.4, 0.5) is 4.39 Å². The van der Waals surface area contributed by atoms with Gasteiger partial charge in [0.15, 0.2) is 0 Å². The van der Waals surface area contributed by atoms with Crippen LogP contribution >= 0.6 is 15.9 Å². The molecule has 1 aliphatic rings. The Hall–Kier alpha value is -0.370. The molecule has 0 amide bonds. The van der Waals surface area contributed by atoms with Gasteiger partial charge < -0.3 is 0 Å². The van der Waals surface area contributed by atoms with E-state index in [-0.39, 0.29) is 5.82 Å². The van der Waals surface area contributed by atoms with Crippen LogP contribution in [0.3, 0.4) is 0 Å². The molecule has 0 spiro atoms. The molecule has 0 nitrogen and oxygen atoms in total. The molecule has 0 saturated heterocycles. The van der Waals surface area contributed by atoms with Crippen molar-refractivity contribution in [3.05, 3.63) is 40.0 Å². The van der Waals surface area contributed by atoms with E-state index in [1.165, 1.54) is 5.92 Å². The molecule has 2 heteroatoms. The zero-order chi connectivity index (χ0) is 7.84. The van der Waals surface area contributed by atoms with Gasteiger partial charge in [0.05, 0.1) is 4.47 Å². The molecule has 2 rings (SSSR count). The summed E-state index contributed by atoms with van der Waals surface area (Å²) >= 11 is 3.15. The molecule has 1 aliphatic carbocycles. The molecule has 1 aromatic rings. The summed E-state index contributed by atoms with van der Waals surface area (Å²) in [6.45, 7) is 0. The fourth-order valence-electron chi connectivity index (χ4n) is 1.11. The Morgan fingerprint density at radius 1 is 1.27 bits per heavy atom. The molecular weight excluding hydrogens is 207 g/mol. The highest BCUT2D eigenvalue weighted by Crippen LogP contribution is 2.41. The molecule has 57 valence electrons. The summed E-state index contributed by atoms with van der Waals surface area (Å²) in [5.41, 5.74) is 0.791. The van der Waals surface area contributed by atoms with Crippen molar-refractivity contribution in [1.82, 2.24) is 0 Å². The van der Waals surface area contributed by atoms with Gasteiger partial charge in [-0.1, -0.05) is 12.1 Å². The molecule has 11 heavy (non-hydrogen) atoms. The van der Waals surface area contributed by atoms with Gasteiger partial charge in [-0.15, -0.1) is 0 Å². The van der Waals surface area contributed by atoms with Crippen molar-refractivity contribution in [2.45, 2.75) is 12.8 Å². The number of rotatable bonds is 1. The standard InChI is InChI=1S/C9H7BrF/c10-8-3-1-2-7(9(8)11)6-4-5-6/h1-3H,4-5H2. The smallest absolute Gasteiger partial charge is 0.141 e. The Bertz CT molecular complexity index is 279. The largest absolute Gasteiger partial charge is 0.205 e. The van der Waals surface area contributed by atoms with Crippen LogP contribution in [0.15, 0.2) is 22.7 Å². The Kier molecular flexibility index (Phi) is 1.72. The van der Waals surface area contributed by atoms with Crippen molar-refractivity contribution < 1.29 is 4.39 Å². The minimum Gasteiger partial charge on any atom is -0.205 e. The van der Waals surface area contributed by atoms with Crippen molar-refractivity contribution >= 4 is 15.9 Å². The van der Waals surface area contributed by atoms with Crippen LogP contribution in [-0.2, 0) is 0 Å². The Morgan fingerprint density at radius 3 is 2.64 bits per heavy atom. The second kappa shape index (κ2) is 2.59. The second-order valence-electron chi connectivity index (χ2n) is 2.70. The lowest BCUT2D eigenvalue weighted by atomic mass is 10.1. The third kappa shape index (κ3) is 1.32. The Balaban J connectivity index is 2.45.